The first-order chi connectivity index (χ1) is 4.66. The first kappa shape index (κ1) is 8.97. The Hall–Kier alpha value is -1.03. The lowest BCUT2D eigenvalue weighted by atomic mass is 10.2. The maximum Gasteiger partial charge on any atom is 0.205 e. The third kappa shape index (κ3) is 5.11. The summed E-state index contributed by atoms with van der Waals surface area (Å²) >= 11 is 0. The summed E-state index contributed by atoms with van der Waals surface area (Å²) in [7, 11) is 0. The van der Waals surface area contributed by atoms with Gasteiger partial charge in [0.15, 0.2) is 0 Å². The Morgan fingerprint density at radius 3 is 2.60 bits per heavy atom. The smallest absolute Gasteiger partial charge is 0.205 e. The number of terminal acetylenes is 1. The summed E-state index contributed by atoms with van der Waals surface area (Å²) in [5.74, 6) is 1.96. The van der Waals surface area contributed by atoms with Gasteiger partial charge in [-0.3, -0.25) is 4.79 Å². The third-order valence-electron chi connectivity index (χ3n) is 1.08. The molecule has 0 spiro atoms. The average Bonchev–Trinajstić information content (AvgIpc) is 1.87. The molecule has 10 heavy (non-hydrogen) atoms. The van der Waals surface area contributed by atoms with Crippen LogP contribution in [-0.2, 0) is 4.79 Å². The molecule has 0 saturated heterocycles. The number of ketones is 1. The maximum atomic E-state index is 10.5. The Kier molecular flexibility index (Phi) is 4.32. The highest BCUT2D eigenvalue weighted by atomic mass is 16.1. The van der Waals surface area contributed by atoms with E-state index in [4.69, 9.17) is 6.42 Å². The molecule has 0 fully saturated rings. The van der Waals surface area contributed by atoms with E-state index < -0.39 is 0 Å². The average molecular weight is 136 g/mol. The molecule has 1 nitrogen and oxygen atoms in total. The van der Waals surface area contributed by atoms with Crippen LogP contribution in [0, 0.1) is 12.3 Å². The summed E-state index contributed by atoms with van der Waals surface area (Å²) in [5.41, 5.74) is 1.23. The van der Waals surface area contributed by atoms with Crippen LogP contribution in [0.5, 0.6) is 0 Å². The van der Waals surface area contributed by atoms with Crippen LogP contribution in [-0.4, -0.2) is 5.78 Å². The number of allylic oxidation sites excluding steroid dienone is 2. The maximum absolute atomic E-state index is 10.5. The highest BCUT2D eigenvalue weighted by Gasteiger charge is 1.91. The number of rotatable bonds is 3. The zero-order valence-electron chi connectivity index (χ0n) is 6.48. The molecule has 0 atom stereocenters. The van der Waals surface area contributed by atoms with Crippen LogP contribution in [0.4, 0.5) is 0 Å². The van der Waals surface area contributed by atoms with Crippen LogP contribution in [0.25, 0.3) is 0 Å². The van der Waals surface area contributed by atoms with Gasteiger partial charge in [0.05, 0.1) is 0 Å². The van der Waals surface area contributed by atoms with Gasteiger partial charge in [0.1, 0.15) is 0 Å². The molecule has 54 valence electrons. The van der Waals surface area contributed by atoms with Gasteiger partial charge in [-0.25, -0.2) is 0 Å². The molecule has 0 saturated carbocycles. The summed E-state index contributed by atoms with van der Waals surface area (Å²) < 4.78 is 0. The van der Waals surface area contributed by atoms with E-state index >= 15 is 0 Å². The van der Waals surface area contributed by atoms with Crippen LogP contribution in [0.2, 0.25) is 0 Å². The molecule has 1 heteroatoms. The Morgan fingerprint density at radius 2 is 2.20 bits per heavy atom. The zero-order chi connectivity index (χ0) is 7.98. The molecule has 0 aliphatic carbocycles. The SMILES string of the molecule is C#CC(=O)CCC=C(C)C. The quantitative estimate of drug-likeness (QED) is 0.329. The van der Waals surface area contributed by atoms with Crippen molar-refractivity contribution in [3.05, 3.63) is 11.6 Å². The van der Waals surface area contributed by atoms with E-state index in [1.807, 2.05) is 19.9 Å². The van der Waals surface area contributed by atoms with Crippen molar-refractivity contribution in [2.24, 2.45) is 0 Å². The van der Waals surface area contributed by atoms with Crippen molar-refractivity contribution in [1.82, 2.24) is 0 Å². The van der Waals surface area contributed by atoms with Gasteiger partial charge < -0.3 is 0 Å². The topological polar surface area (TPSA) is 17.1 Å². The van der Waals surface area contributed by atoms with Gasteiger partial charge in [0, 0.05) is 6.42 Å². The van der Waals surface area contributed by atoms with Gasteiger partial charge in [-0.2, -0.15) is 0 Å². The minimum Gasteiger partial charge on any atom is -0.285 e. The van der Waals surface area contributed by atoms with E-state index in [1.165, 1.54) is 5.57 Å². The van der Waals surface area contributed by atoms with Gasteiger partial charge in [-0.15, -0.1) is 6.42 Å². The van der Waals surface area contributed by atoms with E-state index in [2.05, 4.69) is 5.92 Å². The second-order valence-electron chi connectivity index (χ2n) is 2.39. The predicted molar refractivity (Wildman–Crippen MR) is 42.5 cm³/mol. The minimum absolute atomic E-state index is 0.113. The number of Topliss-reactive ketones (excluding diaryl/α,β-unsaturated/α-hetero) is 1. The van der Waals surface area contributed by atoms with Gasteiger partial charge in [-0.05, 0) is 26.2 Å². The predicted octanol–water partition coefficient (Wildman–Crippen LogP) is 1.94. The summed E-state index contributed by atoms with van der Waals surface area (Å²) in [4.78, 5) is 10.5. The monoisotopic (exact) mass is 136 g/mol. The number of hydrogen-bond acceptors (Lipinski definition) is 1. The first-order valence-electron chi connectivity index (χ1n) is 3.29. The molecule has 0 aromatic carbocycles. The van der Waals surface area contributed by atoms with E-state index in [0.29, 0.717) is 6.42 Å². The standard InChI is InChI=1S/C9H12O/c1-4-9(10)7-5-6-8(2)3/h1,6H,5,7H2,2-3H3. The van der Waals surface area contributed by atoms with Gasteiger partial charge >= 0.3 is 0 Å². The molecule has 0 rings (SSSR count). The Morgan fingerprint density at radius 1 is 1.60 bits per heavy atom. The van der Waals surface area contributed by atoms with Crippen LogP contribution in [0.15, 0.2) is 11.6 Å². The molecule has 0 aliphatic heterocycles. The Labute approximate surface area is 62.1 Å². The lowest BCUT2D eigenvalue weighted by Gasteiger charge is -1.88. The lowest BCUT2D eigenvalue weighted by Crippen LogP contribution is -1.90. The number of carbonyl (C=O) groups excluding carboxylic acids is 1. The van der Waals surface area contributed by atoms with E-state index in [-0.39, 0.29) is 5.78 Å². The Balaban J connectivity index is 3.50. The molecule has 0 aliphatic rings. The molecule has 0 radical (unpaired) electrons. The summed E-state index contributed by atoms with van der Waals surface area (Å²) in [6.07, 6.45) is 8.12. The minimum atomic E-state index is -0.113. The molecule has 0 heterocycles. The summed E-state index contributed by atoms with van der Waals surface area (Å²) in [6.45, 7) is 4.00. The molecule has 0 aromatic heterocycles. The molecule has 0 amide bonds. The van der Waals surface area contributed by atoms with E-state index in [9.17, 15) is 4.79 Å². The molecule has 0 N–H and O–H groups in total. The number of carbonyl (C=O) groups is 1. The number of hydrogen-bond donors (Lipinski definition) is 0. The fourth-order valence-electron chi connectivity index (χ4n) is 0.564. The molecule has 0 unspecified atom stereocenters. The van der Waals surface area contributed by atoms with E-state index in [0.717, 1.165) is 6.42 Å². The Bertz CT molecular complexity index is 177. The van der Waals surface area contributed by atoms with Crippen molar-refractivity contribution in [2.75, 3.05) is 0 Å². The van der Waals surface area contributed by atoms with Crippen molar-refractivity contribution < 1.29 is 4.79 Å². The van der Waals surface area contributed by atoms with Crippen LogP contribution < -0.4 is 0 Å². The highest BCUT2D eigenvalue weighted by Crippen LogP contribution is 1.96. The fourth-order valence-corrected chi connectivity index (χ4v) is 0.564. The van der Waals surface area contributed by atoms with E-state index in [1.54, 1.807) is 0 Å². The first-order valence-corrected chi connectivity index (χ1v) is 3.29. The third-order valence-corrected chi connectivity index (χ3v) is 1.08. The van der Waals surface area contributed by atoms with Crippen molar-refractivity contribution in [2.45, 2.75) is 26.7 Å². The normalized spacial score (nSPS) is 8.10. The van der Waals surface area contributed by atoms with Crippen LogP contribution in [0.3, 0.4) is 0 Å². The van der Waals surface area contributed by atoms with Crippen molar-refractivity contribution >= 4 is 5.78 Å². The van der Waals surface area contributed by atoms with Gasteiger partial charge in [0.2, 0.25) is 5.78 Å². The van der Waals surface area contributed by atoms with Crippen LogP contribution >= 0.6 is 0 Å². The summed E-state index contributed by atoms with van der Waals surface area (Å²) in [5, 5.41) is 0. The van der Waals surface area contributed by atoms with Crippen LogP contribution in [0.1, 0.15) is 26.7 Å². The lowest BCUT2D eigenvalue weighted by molar-refractivity contribution is -0.113. The van der Waals surface area contributed by atoms with Crippen molar-refractivity contribution in [3.63, 3.8) is 0 Å². The summed E-state index contributed by atoms with van der Waals surface area (Å²) in [6, 6.07) is 0. The highest BCUT2D eigenvalue weighted by molar-refractivity contribution is 5.94. The largest absolute Gasteiger partial charge is 0.285 e. The van der Waals surface area contributed by atoms with Gasteiger partial charge in [0.25, 0.3) is 0 Å². The molecule has 0 bridgehead atoms. The fraction of sp³-hybridized carbons (Fsp3) is 0.444. The molecular formula is C9H12O. The van der Waals surface area contributed by atoms with Crippen molar-refractivity contribution in [3.8, 4) is 12.3 Å². The second kappa shape index (κ2) is 4.81. The molecular weight excluding hydrogens is 124 g/mol. The second-order valence-corrected chi connectivity index (χ2v) is 2.39. The van der Waals surface area contributed by atoms with Crippen molar-refractivity contribution in [1.29, 1.82) is 0 Å². The van der Waals surface area contributed by atoms with Gasteiger partial charge in [-0.1, -0.05) is 11.6 Å². The molecule has 0 aromatic rings. The zero-order valence-corrected chi connectivity index (χ0v) is 6.48.